The number of nitrogens with zero attached hydrogens (tertiary/aromatic N) is 1. The van der Waals surface area contributed by atoms with Gasteiger partial charge in [-0.25, -0.2) is 0 Å². The maximum atomic E-state index is 13.3. The van der Waals surface area contributed by atoms with Crippen LogP contribution in [0.5, 0.6) is 5.75 Å². The van der Waals surface area contributed by atoms with Crippen LogP contribution in [0.4, 0.5) is 0 Å². The number of benzene rings is 3. The average molecular weight is 478 g/mol. The molecule has 0 fully saturated rings. The molecule has 5 nitrogen and oxygen atoms in total. The number of carboxylic acids is 1. The summed E-state index contributed by atoms with van der Waals surface area (Å²) in [5, 5.41) is 10.1. The monoisotopic (exact) mass is 477 g/mol. The Balaban J connectivity index is 1.49. The van der Waals surface area contributed by atoms with Crippen LogP contribution in [-0.2, 0) is 24.1 Å². The minimum atomic E-state index is -1.03. The Morgan fingerprint density at radius 2 is 1.82 bits per heavy atom. The van der Waals surface area contributed by atoms with Crippen molar-refractivity contribution in [1.82, 2.24) is 4.90 Å². The summed E-state index contributed by atoms with van der Waals surface area (Å²) in [6.45, 7) is 4.06. The highest BCUT2D eigenvalue weighted by Gasteiger charge is 2.35. The fourth-order valence-corrected chi connectivity index (χ4v) is 4.66. The minimum Gasteiger partial charge on any atom is -0.487 e. The van der Waals surface area contributed by atoms with Crippen molar-refractivity contribution in [2.24, 2.45) is 0 Å². The number of carboxylic acid groups (broad SMARTS) is 1. The number of halogens is 1. The van der Waals surface area contributed by atoms with Gasteiger partial charge < -0.3 is 14.7 Å². The summed E-state index contributed by atoms with van der Waals surface area (Å²) in [4.78, 5) is 26.2. The molecule has 0 radical (unpaired) electrons. The minimum absolute atomic E-state index is 0.287. The number of aliphatic carboxylic acids is 1. The number of carbonyl (C=O) groups excluding carboxylic acids is 1. The van der Waals surface area contributed by atoms with Crippen LogP contribution in [0.15, 0.2) is 66.7 Å². The van der Waals surface area contributed by atoms with E-state index in [1.54, 1.807) is 6.07 Å². The van der Waals surface area contributed by atoms with E-state index in [0.717, 1.165) is 28.0 Å². The fraction of sp³-hybridized carbons (Fsp3) is 0.286. The van der Waals surface area contributed by atoms with Gasteiger partial charge in [-0.2, -0.15) is 0 Å². The molecule has 34 heavy (non-hydrogen) atoms. The van der Waals surface area contributed by atoms with Crippen LogP contribution in [0.3, 0.4) is 0 Å². The Labute approximate surface area is 204 Å². The molecule has 1 amide bonds. The quantitative estimate of drug-likeness (QED) is 0.474. The van der Waals surface area contributed by atoms with E-state index in [4.69, 9.17) is 16.3 Å². The van der Waals surface area contributed by atoms with Crippen molar-refractivity contribution in [3.63, 3.8) is 0 Å². The van der Waals surface area contributed by atoms with Gasteiger partial charge in [0, 0.05) is 30.0 Å². The second kappa shape index (κ2) is 9.90. The number of hydrogen-bond acceptors (Lipinski definition) is 3. The number of amides is 1. The molecule has 0 spiro atoms. The summed E-state index contributed by atoms with van der Waals surface area (Å²) in [5.74, 6) is -0.555. The van der Waals surface area contributed by atoms with Gasteiger partial charge in [0.2, 0.25) is 0 Å². The Morgan fingerprint density at radius 3 is 2.53 bits per heavy atom. The van der Waals surface area contributed by atoms with Gasteiger partial charge in [0.1, 0.15) is 17.9 Å². The maximum Gasteiger partial charge on any atom is 0.323 e. The van der Waals surface area contributed by atoms with Crippen molar-refractivity contribution in [2.45, 2.75) is 38.7 Å². The largest absolute Gasteiger partial charge is 0.487 e. The van der Waals surface area contributed by atoms with E-state index in [1.165, 1.54) is 4.90 Å². The molecule has 3 aromatic rings. The van der Waals surface area contributed by atoms with Gasteiger partial charge in [-0.3, -0.25) is 9.59 Å². The lowest BCUT2D eigenvalue weighted by Gasteiger charge is -2.24. The van der Waals surface area contributed by atoms with E-state index in [9.17, 15) is 14.7 Å². The lowest BCUT2D eigenvalue weighted by atomic mass is 9.91. The molecule has 0 aromatic heterocycles. The predicted molar refractivity (Wildman–Crippen MR) is 133 cm³/mol. The highest BCUT2D eigenvalue weighted by atomic mass is 35.5. The molecule has 1 aliphatic rings. The molecular formula is C28H28ClNO4. The number of aryl methyl sites for hydroxylation is 1. The molecule has 0 saturated carbocycles. The van der Waals surface area contributed by atoms with Crippen molar-refractivity contribution in [1.29, 1.82) is 0 Å². The summed E-state index contributed by atoms with van der Waals surface area (Å²) >= 11 is 6.00. The molecule has 4 rings (SSSR count). The van der Waals surface area contributed by atoms with Crippen LogP contribution in [-0.4, -0.2) is 40.6 Å². The number of rotatable bonds is 8. The van der Waals surface area contributed by atoms with E-state index in [2.05, 4.69) is 6.92 Å². The second-order valence-electron chi connectivity index (χ2n) is 9.15. The third-order valence-corrected chi connectivity index (χ3v) is 6.50. The number of ether oxygens (including phenoxy) is 1. The van der Waals surface area contributed by atoms with E-state index in [-0.39, 0.29) is 12.5 Å². The normalized spacial score (nSPS) is 16.6. The van der Waals surface area contributed by atoms with Crippen molar-refractivity contribution >= 4 is 23.5 Å². The number of hydrogen-bond donors (Lipinski definition) is 1. The zero-order valence-electron chi connectivity index (χ0n) is 19.4. The summed E-state index contributed by atoms with van der Waals surface area (Å²) in [6, 6.07) is 21.0. The Bertz CT molecular complexity index is 1210. The third-order valence-electron chi connectivity index (χ3n) is 6.25. The summed E-state index contributed by atoms with van der Waals surface area (Å²) < 4.78 is 6.25. The molecule has 1 atom stereocenters. The molecule has 3 aromatic carbocycles. The summed E-state index contributed by atoms with van der Waals surface area (Å²) in [5.41, 5.74) is 4.36. The van der Waals surface area contributed by atoms with Gasteiger partial charge in [-0.05, 0) is 72.9 Å². The molecule has 0 bridgehead atoms. The van der Waals surface area contributed by atoms with Crippen LogP contribution in [0.1, 0.15) is 39.5 Å². The molecule has 6 heteroatoms. The van der Waals surface area contributed by atoms with Crippen molar-refractivity contribution in [2.75, 3.05) is 13.1 Å². The van der Waals surface area contributed by atoms with Gasteiger partial charge in [0.25, 0.3) is 5.91 Å². The zero-order chi connectivity index (χ0) is 24.3. The summed E-state index contributed by atoms with van der Waals surface area (Å²) in [6.07, 6.45) is 1.97. The molecule has 0 saturated heterocycles. The van der Waals surface area contributed by atoms with Crippen LogP contribution in [0.2, 0.25) is 5.02 Å². The van der Waals surface area contributed by atoms with E-state index >= 15 is 0 Å². The molecule has 0 aliphatic carbocycles. The molecular weight excluding hydrogens is 450 g/mol. The topological polar surface area (TPSA) is 66.8 Å². The van der Waals surface area contributed by atoms with Crippen molar-refractivity contribution in [3.8, 4) is 5.75 Å². The first-order valence-corrected chi connectivity index (χ1v) is 11.7. The van der Waals surface area contributed by atoms with Crippen LogP contribution in [0, 0.1) is 6.92 Å². The molecule has 1 N–H and O–H groups in total. The smallest absolute Gasteiger partial charge is 0.323 e. The highest BCUT2D eigenvalue weighted by molar-refractivity contribution is 6.30. The third kappa shape index (κ3) is 5.60. The standard InChI is InChI=1S/C28H28ClNO4/c1-19-5-3-4-6-21(19)13-14-30(18-26(31)32)27(33)22-9-12-25-23(15-22)17-28(2,34-25)16-20-7-10-24(29)11-8-20/h3-12,15H,13-14,16-18H2,1-2H3,(H,31,32)/t28-/m0/s1. The zero-order valence-corrected chi connectivity index (χ0v) is 20.1. The lowest BCUT2D eigenvalue weighted by molar-refractivity contribution is -0.137. The Hall–Kier alpha value is -3.31. The Morgan fingerprint density at radius 1 is 1.09 bits per heavy atom. The van der Waals surface area contributed by atoms with Gasteiger partial charge >= 0.3 is 5.97 Å². The van der Waals surface area contributed by atoms with Crippen molar-refractivity contribution < 1.29 is 19.4 Å². The van der Waals surface area contributed by atoms with Gasteiger partial charge in [-0.1, -0.05) is 48.0 Å². The van der Waals surface area contributed by atoms with Gasteiger partial charge in [-0.15, -0.1) is 0 Å². The van der Waals surface area contributed by atoms with Crippen LogP contribution < -0.4 is 4.74 Å². The van der Waals surface area contributed by atoms with Crippen LogP contribution >= 0.6 is 11.6 Å². The predicted octanol–water partition coefficient (Wildman–Crippen LogP) is 5.35. The van der Waals surface area contributed by atoms with E-state index < -0.39 is 11.6 Å². The SMILES string of the molecule is Cc1ccccc1CCN(CC(=O)O)C(=O)c1ccc2c(c1)C[C@](C)(Cc1ccc(Cl)cc1)O2. The first-order valence-electron chi connectivity index (χ1n) is 11.3. The van der Waals surface area contributed by atoms with Crippen molar-refractivity contribution in [3.05, 3.63) is 99.6 Å². The second-order valence-corrected chi connectivity index (χ2v) is 9.59. The molecule has 176 valence electrons. The fourth-order valence-electron chi connectivity index (χ4n) is 4.53. The molecule has 1 aliphatic heterocycles. The number of carbonyl (C=O) groups is 2. The molecule has 1 heterocycles. The van der Waals surface area contributed by atoms with E-state index in [1.807, 2.05) is 67.6 Å². The Kier molecular flexibility index (Phi) is 6.94. The first-order chi connectivity index (χ1) is 16.2. The van der Waals surface area contributed by atoms with Crippen LogP contribution in [0.25, 0.3) is 0 Å². The number of fused-ring (bicyclic) bond motifs is 1. The lowest BCUT2D eigenvalue weighted by Crippen LogP contribution is -2.37. The summed E-state index contributed by atoms with van der Waals surface area (Å²) in [7, 11) is 0. The maximum absolute atomic E-state index is 13.3. The average Bonchev–Trinajstić information content (AvgIpc) is 3.13. The first kappa shape index (κ1) is 23.8. The molecule has 0 unspecified atom stereocenters. The van der Waals surface area contributed by atoms with E-state index in [0.29, 0.717) is 36.4 Å². The highest BCUT2D eigenvalue weighted by Crippen LogP contribution is 2.37. The van der Waals surface area contributed by atoms with Gasteiger partial charge in [0.15, 0.2) is 0 Å². The van der Waals surface area contributed by atoms with Gasteiger partial charge in [0.05, 0.1) is 0 Å².